The van der Waals surface area contributed by atoms with Crippen LogP contribution in [-0.4, -0.2) is 16.6 Å². The molecule has 0 saturated carbocycles. The summed E-state index contributed by atoms with van der Waals surface area (Å²) >= 11 is 1.65. The number of aliphatic hydroxyl groups is 1. The first-order valence-electron chi connectivity index (χ1n) is 11.1. The maximum Gasteiger partial charge on any atom is 0.250 e. The summed E-state index contributed by atoms with van der Waals surface area (Å²) in [6, 6.07) is 19.1. The number of thioether (sulfide) groups is 1. The summed E-state index contributed by atoms with van der Waals surface area (Å²) in [5.41, 5.74) is 1.52. The second-order valence-corrected chi connectivity index (χ2v) is 8.91. The van der Waals surface area contributed by atoms with E-state index in [1.807, 2.05) is 55.5 Å². The molecule has 0 bridgehead atoms. The number of ketones is 1. The average molecular weight is 452 g/mol. The molecule has 0 aliphatic heterocycles. The first-order valence-corrected chi connectivity index (χ1v) is 11.9. The standard InChI is InChI=1S/C27H33NO3S/c1-4-5-6-13-18-25(28-31-27(30)23-14-9-7-10-15-23)26(29)21(2)19-20-22(3)32-24-16-11-8-12-17-24/h7-12,14-17,19-20,27,30H,4-6,13,18H2,1-3H3/b21-19+,22-20+,28-25-. The SMILES string of the molecule is CCCCCC/C(=N/OC(O)c1ccccc1)C(=O)/C(C)=C/C=C(\C)Sc1ccccc1. The first-order chi connectivity index (χ1) is 15.5. The van der Waals surface area contributed by atoms with E-state index in [1.165, 1.54) is 0 Å². The Morgan fingerprint density at radius 3 is 2.31 bits per heavy atom. The Morgan fingerprint density at radius 2 is 1.66 bits per heavy atom. The van der Waals surface area contributed by atoms with Crippen LogP contribution in [0.15, 0.2) is 93.3 Å². The third kappa shape index (κ3) is 9.25. The lowest BCUT2D eigenvalue weighted by atomic mass is 10.0. The van der Waals surface area contributed by atoms with E-state index in [0.29, 0.717) is 23.3 Å². The minimum atomic E-state index is -1.21. The zero-order valence-corrected chi connectivity index (χ0v) is 20.0. The third-order valence-electron chi connectivity index (χ3n) is 4.82. The van der Waals surface area contributed by atoms with E-state index < -0.39 is 6.29 Å². The summed E-state index contributed by atoms with van der Waals surface area (Å²) in [5.74, 6) is -0.157. The second kappa shape index (κ2) is 14.4. The van der Waals surface area contributed by atoms with Crippen molar-refractivity contribution in [1.82, 2.24) is 0 Å². The van der Waals surface area contributed by atoms with Gasteiger partial charge in [0.1, 0.15) is 5.71 Å². The van der Waals surface area contributed by atoms with Crippen molar-refractivity contribution in [3.05, 3.63) is 88.9 Å². The van der Waals surface area contributed by atoms with Gasteiger partial charge < -0.3 is 9.94 Å². The molecule has 2 aromatic rings. The van der Waals surface area contributed by atoms with Crippen LogP contribution >= 0.6 is 11.8 Å². The van der Waals surface area contributed by atoms with Crippen LogP contribution in [0, 0.1) is 0 Å². The second-order valence-electron chi connectivity index (χ2n) is 7.59. The van der Waals surface area contributed by atoms with Crippen LogP contribution in [0.2, 0.25) is 0 Å². The predicted octanol–water partition coefficient (Wildman–Crippen LogP) is 7.23. The van der Waals surface area contributed by atoms with Gasteiger partial charge in [0.2, 0.25) is 5.78 Å². The fourth-order valence-electron chi connectivity index (χ4n) is 2.97. The highest BCUT2D eigenvalue weighted by Crippen LogP contribution is 2.25. The number of hydrogen-bond donors (Lipinski definition) is 1. The molecule has 1 unspecified atom stereocenters. The van der Waals surface area contributed by atoms with E-state index >= 15 is 0 Å². The Bertz CT molecular complexity index is 920. The van der Waals surface area contributed by atoms with E-state index in [-0.39, 0.29) is 5.78 Å². The summed E-state index contributed by atoms with van der Waals surface area (Å²) in [6.07, 6.45) is 7.20. The number of nitrogens with zero attached hydrogens (tertiary/aromatic N) is 1. The van der Waals surface area contributed by atoms with Crippen molar-refractivity contribution in [2.24, 2.45) is 5.16 Å². The molecule has 0 aromatic heterocycles. The van der Waals surface area contributed by atoms with Gasteiger partial charge in [-0.05, 0) is 49.3 Å². The van der Waals surface area contributed by atoms with Crippen LogP contribution in [0.1, 0.15) is 64.7 Å². The van der Waals surface area contributed by atoms with Crippen molar-refractivity contribution in [1.29, 1.82) is 0 Å². The summed E-state index contributed by atoms with van der Waals surface area (Å²) in [4.78, 5) is 20.6. The zero-order valence-electron chi connectivity index (χ0n) is 19.2. The minimum Gasteiger partial charge on any atom is -0.358 e. The van der Waals surface area contributed by atoms with Gasteiger partial charge in [-0.1, -0.05) is 104 Å². The quantitative estimate of drug-likeness (QED) is 0.0663. The van der Waals surface area contributed by atoms with E-state index in [9.17, 15) is 9.90 Å². The summed E-state index contributed by atoms with van der Waals surface area (Å²) < 4.78 is 0. The molecule has 0 amide bonds. The summed E-state index contributed by atoms with van der Waals surface area (Å²) in [7, 11) is 0. The van der Waals surface area contributed by atoms with E-state index in [1.54, 1.807) is 30.8 Å². The van der Waals surface area contributed by atoms with Gasteiger partial charge >= 0.3 is 0 Å². The van der Waals surface area contributed by atoms with Crippen molar-refractivity contribution >= 4 is 23.3 Å². The van der Waals surface area contributed by atoms with Gasteiger partial charge in [-0.2, -0.15) is 0 Å². The maximum atomic E-state index is 13.0. The molecule has 0 radical (unpaired) electrons. The molecule has 0 heterocycles. The normalized spacial score (nSPS) is 13.7. The molecule has 170 valence electrons. The zero-order chi connectivity index (χ0) is 23.2. The number of benzene rings is 2. The Morgan fingerprint density at radius 1 is 1.00 bits per heavy atom. The van der Waals surface area contributed by atoms with Crippen molar-refractivity contribution in [2.75, 3.05) is 0 Å². The Kier molecular flexibility index (Phi) is 11.6. The average Bonchev–Trinajstić information content (AvgIpc) is 2.82. The lowest BCUT2D eigenvalue weighted by molar-refractivity contribution is -0.112. The molecule has 4 nitrogen and oxygen atoms in total. The van der Waals surface area contributed by atoms with Gasteiger partial charge in [0, 0.05) is 10.5 Å². The number of rotatable bonds is 13. The molecule has 0 aliphatic rings. The van der Waals surface area contributed by atoms with Crippen molar-refractivity contribution in [3.8, 4) is 0 Å². The summed E-state index contributed by atoms with van der Waals surface area (Å²) in [6.45, 7) is 5.95. The van der Waals surface area contributed by atoms with Crippen molar-refractivity contribution < 1.29 is 14.7 Å². The first kappa shape index (κ1) is 25.6. The number of carbonyl (C=O) groups is 1. The van der Waals surface area contributed by atoms with Crippen LogP contribution < -0.4 is 0 Å². The van der Waals surface area contributed by atoms with Crippen molar-refractivity contribution in [3.63, 3.8) is 0 Å². The van der Waals surface area contributed by atoms with Crippen LogP contribution in [0.4, 0.5) is 0 Å². The van der Waals surface area contributed by atoms with Crippen LogP contribution in [0.3, 0.4) is 0 Å². The Hall–Kier alpha value is -2.63. The lowest BCUT2D eigenvalue weighted by Gasteiger charge is -2.11. The van der Waals surface area contributed by atoms with Gasteiger partial charge in [-0.25, -0.2) is 0 Å². The number of oxime groups is 1. The highest BCUT2D eigenvalue weighted by atomic mass is 32.2. The number of Topliss-reactive ketones (excluding diaryl/α,β-unsaturated/α-hetero) is 1. The van der Waals surface area contributed by atoms with Gasteiger partial charge in [-0.3, -0.25) is 4.79 Å². The fraction of sp³-hybridized carbons (Fsp3) is 0.333. The molecule has 2 rings (SSSR count). The fourth-order valence-corrected chi connectivity index (χ4v) is 3.77. The third-order valence-corrected chi connectivity index (χ3v) is 5.79. The molecular weight excluding hydrogens is 418 g/mol. The van der Waals surface area contributed by atoms with Gasteiger partial charge in [-0.15, -0.1) is 0 Å². The minimum absolute atomic E-state index is 0.157. The number of carbonyl (C=O) groups excluding carboxylic acids is 1. The Labute approximate surface area is 196 Å². The summed E-state index contributed by atoms with van der Waals surface area (Å²) in [5, 5.41) is 14.3. The number of hydrogen-bond acceptors (Lipinski definition) is 5. The van der Waals surface area contributed by atoms with E-state index in [4.69, 9.17) is 4.84 Å². The van der Waals surface area contributed by atoms with Crippen LogP contribution in [0.25, 0.3) is 0 Å². The highest BCUT2D eigenvalue weighted by molar-refractivity contribution is 8.03. The molecule has 0 fully saturated rings. The molecule has 5 heteroatoms. The number of unbranched alkanes of at least 4 members (excludes halogenated alkanes) is 3. The molecule has 1 atom stereocenters. The molecular formula is C27H33NO3S. The highest BCUT2D eigenvalue weighted by Gasteiger charge is 2.16. The van der Waals surface area contributed by atoms with Crippen LogP contribution in [-0.2, 0) is 9.63 Å². The lowest BCUT2D eigenvalue weighted by Crippen LogP contribution is -2.16. The molecule has 0 spiro atoms. The smallest absolute Gasteiger partial charge is 0.250 e. The monoisotopic (exact) mass is 451 g/mol. The maximum absolute atomic E-state index is 13.0. The van der Waals surface area contributed by atoms with Gasteiger partial charge in [0.15, 0.2) is 0 Å². The molecule has 2 aromatic carbocycles. The van der Waals surface area contributed by atoms with E-state index in [2.05, 4.69) is 24.2 Å². The van der Waals surface area contributed by atoms with E-state index in [0.717, 1.165) is 35.5 Å². The Balaban J connectivity index is 2.09. The number of allylic oxidation sites excluding steroid dienone is 4. The van der Waals surface area contributed by atoms with Gasteiger partial charge in [0.05, 0.1) is 0 Å². The largest absolute Gasteiger partial charge is 0.358 e. The van der Waals surface area contributed by atoms with Gasteiger partial charge in [0.25, 0.3) is 6.29 Å². The molecule has 0 aliphatic carbocycles. The van der Waals surface area contributed by atoms with Crippen LogP contribution in [0.5, 0.6) is 0 Å². The van der Waals surface area contributed by atoms with Crippen molar-refractivity contribution in [2.45, 2.75) is 64.1 Å². The molecule has 1 N–H and O–H groups in total. The molecule has 0 saturated heterocycles. The topological polar surface area (TPSA) is 58.9 Å². The molecule has 32 heavy (non-hydrogen) atoms. The number of aliphatic hydroxyl groups excluding tert-OH is 1. The predicted molar refractivity (Wildman–Crippen MR) is 134 cm³/mol.